The molecule has 1 aromatic heterocycles. The summed E-state index contributed by atoms with van der Waals surface area (Å²) in [5.41, 5.74) is 0. The number of sulfone groups is 1. The maximum Gasteiger partial charge on any atom is 0.327 e. The second-order valence-electron chi connectivity index (χ2n) is 6.19. The van der Waals surface area contributed by atoms with Gasteiger partial charge in [0.25, 0.3) is 0 Å². The first-order chi connectivity index (χ1) is 11.9. The Hall–Kier alpha value is -1.30. The van der Waals surface area contributed by atoms with Crippen LogP contribution in [0.1, 0.15) is 19.8 Å². The lowest BCUT2D eigenvalue weighted by molar-refractivity contribution is 0.0194. The maximum atomic E-state index is 12.6. The van der Waals surface area contributed by atoms with Gasteiger partial charge in [-0.3, -0.25) is 4.90 Å². The highest BCUT2D eigenvalue weighted by Crippen LogP contribution is 2.31. The predicted molar refractivity (Wildman–Crippen MR) is 93.6 cm³/mol. The zero-order valence-corrected chi connectivity index (χ0v) is 16.1. The molecule has 1 aromatic rings. The van der Waals surface area contributed by atoms with E-state index in [1.807, 2.05) is 6.92 Å². The third-order valence-corrected chi connectivity index (χ3v) is 7.54. The van der Waals surface area contributed by atoms with E-state index in [0.717, 1.165) is 30.8 Å². The zero-order valence-electron chi connectivity index (χ0n) is 14.4. The van der Waals surface area contributed by atoms with E-state index in [9.17, 15) is 13.2 Å². The molecule has 2 saturated heterocycles. The fraction of sp³-hybridized carbons (Fsp3) is 0.786. The van der Waals surface area contributed by atoms with Gasteiger partial charge in [-0.2, -0.15) is 0 Å². The lowest BCUT2D eigenvalue weighted by atomic mass is 10.3. The molecule has 3 heterocycles. The number of hydrogen-bond acceptors (Lipinski definition) is 8. The molecule has 9 nitrogen and oxygen atoms in total. The number of nitrogens with zero attached hydrogens (tertiary/aromatic N) is 5. The summed E-state index contributed by atoms with van der Waals surface area (Å²) in [6.07, 6.45) is 1.19. The second kappa shape index (κ2) is 7.52. The average molecular weight is 390 g/mol. The Balaban J connectivity index is 1.84. The molecule has 0 aromatic carbocycles. The van der Waals surface area contributed by atoms with E-state index in [1.54, 1.807) is 16.8 Å². The molecule has 25 heavy (non-hydrogen) atoms. The molecule has 2 aliphatic heterocycles. The first kappa shape index (κ1) is 18.5. The number of unbranched alkanes of at least 4 members (excludes halogenated alkanes) is 1. The topological polar surface area (TPSA) is 95.9 Å². The molecule has 0 N–H and O–H groups in total. The average Bonchev–Trinajstić information content (AvgIpc) is 3.20. The number of aromatic nitrogens is 2. The van der Waals surface area contributed by atoms with Crippen LogP contribution in [0, 0.1) is 0 Å². The van der Waals surface area contributed by atoms with Gasteiger partial charge in [0.2, 0.25) is 19.3 Å². The molecule has 2 fully saturated rings. The normalized spacial score (nSPS) is 22.8. The van der Waals surface area contributed by atoms with Gasteiger partial charge in [-0.05, 0) is 6.42 Å². The minimum Gasteiger partial charge on any atom is -0.379 e. The smallest absolute Gasteiger partial charge is 0.327 e. The summed E-state index contributed by atoms with van der Waals surface area (Å²) in [6, 6.07) is -0.190. The highest BCUT2D eigenvalue weighted by molar-refractivity contribution is 7.93. The van der Waals surface area contributed by atoms with Gasteiger partial charge in [0, 0.05) is 20.1 Å². The van der Waals surface area contributed by atoms with Gasteiger partial charge in [-0.15, -0.1) is 10.2 Å². The Kier molecular flexibility index (Phi) is 5.56. The van der Waals surface area contributed by atoms with Crippen molar-refractivity contribution >= 4 is 32.3 Å². The number of ether oxygens (including phenoxy) is 1. The standard InChI is InChI=1S/C14H23N5O4S2/c1-3-4-9-25(21,22)13-16-15-12(24-13)19-11(10-17(2)14(19)20)18-5-7-23-8-6-18/h11H,3-10H2,1-2H3. The number of urea groups is 1. The van der Waals surface area contributed by atoms with Gasteiger partial charge >= 0.3 is 6.03 Å². The van der Waals surface area contributed by atoms with Crippen LogP contribution in [0.5, 0.6) is 0 Å². The molecule has 0 spiro atoms. The number of amides is 2. The zero-order chi connectivity index (χ0) is 18.0. The molecule has 0 radical (unpaired) electrons. The van der Waals surface area contributed by atoms with Gasteiger partial charge < -0.3 is 9.64 Å². The highest BCUT2D eigenvalue weighted by Gasteiger charge is 2.42. The van der Waals surface area contributed by atoms with Crippen LogP contribution in [0.25, 0.3) is 0 Å². The van der Waals surface area contributed by atoms with Crippen LogP contribution < -0.4 is 4.90 Å². The molecule has 11 heteroatoms. The Morgan fingerprint density at radius 2 is 2.00 bits per heavy atom. The van der Waals surface area contributed by atoms with Crippen LogP contribution in [0.15, 0.2) is 4.34 Å². The van der Waals surface area contributed by atoms with Gasteiger partial charge in [-0.1, -0.05) is 24.7 Å². The number of hydrogen-bond donors (Lipinski definition) is 0. The minimum absolute atomic E-state index is 0.0148. The molecule has 2 aliphatic rings. The highest BCUT2D eigenvalue weighted by atomic mass is 32.2. The molecule has 0 saturated carbocycles. The number of morpholine rings is 1. The van der Waals surface area contributed by atoms with E-state index in [0.29, 0.717) is 31.3 Å². The summed E-state index contributed by atoms with van der Waals surface area (Å²) in [6.45, 7) is 5.17. The van der Waals surface area contributed by atoms with Crippen molar-refractivity contribution in [1.82, 2.24) is 20.0 Å². The summed E-state index contributed by atoms with van der Waals surface area (Å²) in [4.78, 5) is 17.9. The van der Waals surface area contributed by atoms with E-state index in [2.05, 4.69) is 15.1 Å². The Morgan fingerprint density at radius 3 is 2.68 bits per heavy atom. The van der Waals surface area contributed by atoms with Gasteiger partial charge in [0.15, 0.2) is 0 Å². The Morgan fingerprint density at radius 1 is 1.28 bits per heavy atom. The number of carbonyl (C=O) groups excluding carboxylic acids is 1. The summed E-state index contributed by atoms with van der Waals surface area (Å²) in [5.74, 6) is 0.0544. The van der Waals surface area contributed by atoms with Crippen LogP contribution in [0.2, 0.25) is 0 Å². The number of likely N-dealkylation sites (N-methyl/N-ethyl adjacent to an activating group) is 1. The second-order valence-corrected chi connectivity index (χ2v) is 9.42. The monoisotopic (exact) mass is 389 g/mol. The fourth-order valence-corrected chi connectivity index (χ4v) is 5.53. The molecular formula is C14H23N5O4S2. The van der Waals surface area contributed by atoms with E-state index >= 15 is 0 Å². The first-order valence-electron chi connectivity index (χ1n) is 8.36. The maximum absolute atomic E-state index is 12.6. The molecule has 2 amide bonds. The van der Waals surface area contributed by atoms with Gasteiger partial charge in [0.1, 0.15) is 6.17 Å². The largest absolute Gasteiger partial charge is 0.379 e. The van der Waals surface area contributed by atoms with Crippen molar-refractivity contribution < 1.29 is 17.9 Å². The molecule has 3 rings (SSSR count). The van der Waals surface area contributed by atoms with Gasteiger partial charge in [-0.25, -0.2) is 18.1 Å². The molecule has 1 unspecified atom stereocenters. The fourth-order valence-electron chi connectivity index (χ4n) is 2.93. The lowest BCUT2D eigenvalue weighted by Crippen LogP contribution is -2.51. The molecule has 0 aliphatic carbocycles. The van der Waals surface area contributed by atoms with E-state index in [1.165, 1.54) is 0 Å². The summed E-state index contributed by atoms with van der Waals surface area (Å²) < 4.78 is 30.0. The molecule has 0 bridgehead atoms. The lowest BCUT2D eigenvalue weighted by Gasteiger charge is -2.34. The van der Waals surface area contributed by atoms with Crippen LogP contribution in [-0.4, -0.2) is 86.3 Å². The van der Waals surface area contributed by atoms with Crippen molar-refractivity contribution in [1.29, 1.82) is 0 Å². The van der Waals surface area contributed by atoms with Crippen LogP contribution in [0.4, 0.5) is 9.93 Å². The molecular weight excluding hydrogens is 366 g/mol. The van der Waals surface area contributed by atoms with E-state index in [4.69, 9.17) is 4.74 Å². The van der Waals surface area contributed by atoms with Crippen molar-refractivity contribution in [3.05, 3.63) is 0 Å². The number of rotatable bonds is 6. The summed E-state index contributed by atoms with van der Waals surface area (Å²) in [5, 5.41) is 8.20. The predicted octanol–water partition coefficient (Wildman–Crippen LogP) is 0.642. The summed E-state index contributed by atoms with van der Waals surface area (Å²) >= 11 is 0.971. The van der Waals surface area contributed by atoms with Crippen molar-refractivity contribution in [3.63, 3.8) is 0 Å². The van der Waals surface area contributed by atoms with E-state index < -0.39 is 9.84 Å². The first-order valence-corrected chi connectivity index (χ1v) is 10.8. The summed E-state index contributed by atoms with van der Waals surface area (Å²) in [7, 11) is -1.71. The minimum atomic E-state index is -3.44. The molecule has 140 valence electrons. The van der Waals surface area contributed by atoms with Crippen molar-refractivity contribution in [2.24, 2.45) is 0 Å². The van der Waals surface area contributed by atoms with Crippen molar-refractivity contribution in [2.75, 3.05) is 50.5 Å². The molecule has 1 atom stereocenters. The third-order valence-electron chi connectivity index (χ3n) is 4.37. The third kappa shape index (κ3) is 3.78. The van der Waals surface area contributed by atoms with Crippen LogP contribution in [0.3, 0.4) is 0 Å². The van der Waals surface area contributed by atoms with Crippen LogP contribution >= 0.6 is 11.3 Å². The van der Waals surface area contributed by atoms with E-state index in [-0.39, 0.29) is 22.3 Å². The Bertz CT molecular complexity index is 717. The van der Waals surface area contributed by atoms with Crippen molar-refractivity contribution in [2.45, 2.75) is 30.3 Å². The quantitative estimate of drug-likeness (QED) is 0.659. The van der Waals surface area contributed by atoms with Crippen molar-refractivity contribution in [3.8, 4) is 0 Å². The number of carbonyl (C=O) groups is 1. The number of anilines is 1. The Labute approximate surface area is 151 Å². The van der Waals surface area contributed by atoms with Crippen LogP contribution in [-0.2, 0) is 14.6 Å². The van der Waals surface area contributed by atoms with Gasteiger partial charge in [0.05, 0.1) is 25.5 Å². The SMILES string of the molecule is CCCCS(=O)(=O)c1nnc(N2C(=O)N(C)CC2N2CCOCC2)s1.